The Morgan fingerprint density at radius 1 is 0.600 bits per heavy atom. The van der Waals surface area contributed by atoms with Gasteiger partial charge in [0.2, 0.25) is 0 Å². The van der Waals surface area contributed by atoms with Crippen LogP contribution in [0.15, 0.2) is 161 Å². The van der Waals surface area contributed by atoms with Gasteiger partial charge in [-0.25, -0.2) is 0 Å². The minimum atomic E-state index is -0.334. The van der Waals surface area contributed by atoms with E-state index in [1.165, 1.54) is 16.7 Å². The van der Waals surface area contributed by atoms with Crippen LogP contribution >= 0.6 is 31.9 Å². The maximum atomic E-state index is 3.81. The van der Waals surface area contributed by atoms with E-state index in [1.54, 1.807) is 0 Å². The Labute approximate surface area is 253 Å². The second-order valence-corrected chi connectivity index (χ2v) is 11.7. The monoisotopic (exact) mass is 646 g/mol. The molecule has 0 aliphatic heterocycles. The minimum absolute atomic E-state index is 0.334. The van der Waals surface area contributed by atoms with Crippen LogP contribution in [-0.4, -0.2) is 0 Å². The Hall–Kier alpha value is -3.86. The second kappa shape index (κ2) is 11.7. The van der Waals surface area contributed by atoms with Crippen LogP contribution < -0.4 is 10.2 Å². The minimum Gasteiger partial charge on any atom is -0.372 e. The number of hydrogen-bond donors (Lipinski definition) is 1. The number of hydrogen-bond acceptors (Lipinski definition) is 2. The summed E-state index contributed by atoms with van der Waals surface area (Å²) in [6.07, 6.45) is 7.73. The van der Waals surface area contributed by atoms with Gasteiger partial charge in [0.1, 0.15) is 0 Å². The third-order valence-corrected chi connectivity index (χ3v) is 8.20. The van der Waals surface area contributed by atoms with Crippen LogP contribution in [0.1, 0.15) is 17.5 Å². The van der Waals surface area contributed by atoms with Crippen molar-refractivity contribution in [3.05, 3.63) is 172 Å². The van der Waals surface area contributed by atoms with E-state index in [4.69, 9.17) is 0 Å². The molecular weight excluding hydrogens is 620 g/mol. The van der Waals surface area contributed by atoms with E-state index in [1.807, 2.05) is 12.1 Å². The second-order valence-electron chi connectivity index (χ2n) is 9.87. The van der Waals surface area contributed by atoms with Crippen LogP contribution in [0.25, 0.3) is 5.57 Å². The van der Waals surface area contributed by atoms with Gasteiger partial charge in [0, 0.05) is 31.7 Å². The number of nitrogens with one attached hydrogen (secondary N) is 1. The Morgan fingerprint density at radius 2 is 1.23 bits per heavy atom. The first kappa shape index (κ1) is 26.4. The molecule has 0 aromatic heterocycles. The summed E-state index contributed by atoms with van der Waals surface area (Å²) in [5.74, 6) is 0. The summed E-state index contributed by atoms with van der Waals surface area (Å²) in [6.45, 7) is 0. The Morgan fingerprint density at radius 3 is 1.88 bits per heavy atom. The molecular formula is C36H28Br2N2. The summed E-state index contributed by atoms with van der Waals surface area (Å²) in [6, 6.07) is 46.7. The first-order valence-corrected chi connectivity index (χ1v) is 14.9. The molecule has 1 atom stereocenters. The summed E-state index contributed by atoms with van der Waals surface area (Å²) in [7, 11) is 0. The molecule has 0 saturated carbocycles. The van der Waals surface area contributed by atoms with E-state index >= 15 is 0 Å². The zero-order chi connectivity index (χ0) is 27.4. The van der Waals surface area contributed by atoms with Gasteiger partial charge in [0.15, 0.2) is 0 Å². The number of halogens is 2. The highest BCUT2D eigenvalue weighted by atomic mass is 79.9. The first-order valence-electron chi connectivity index (χ1n) is 13.3. The van der Waals surface area contributed by atoms with E-state index in [2.05, 4.69) is 182 Å². The molecule has 40 heavy (non-hydrogen) atoms. The number of allylic oxidation sites excluding steroid dienone is 2. The molecule has 6 rings (SSSR count). The van der Waals surface area contributed by atoms with E-state index in [0.717, 1.165) is 38.1 Å². The fraction of sp³-hybridized carbons (Fsp3) is 0.0556. The lowest BCUT2D eigenvalue weighted by atomic mass is 9.81. The van der Waals surface area contributed by atoms with Crippen LogP contribution in [0, 0.1) is 0 Å². The average Bonchev–Trinajstić information content (AvgIpc) is 2.99. The van der Waals surface area contributed by atoms with Crippen molar-refractivity contribution in [2.45, 2.75) is 12.0 Å². The highest BCUT2D eigenvalue weighted by Gasteiger charge is 2.31. The summed E-state index contributed by atoms with van der Waals surface area (Å²) in [5, 5.41) is 3.81. The number of benzene rings is 5. The van der Waals surface area contributed by atoms with Gasteiger partial charge in [0.25, 0.3) is 0 Å². The summed E-state index contributed by atoms with van der Waals surface area (Å²) in [5.41, 5.74) is 7.75. The standard InChI is InChI=1S/C36H28Br2N2/c37-30-10-7-9-29(25-30)36(39-32-12-3-1-4-13-32)23-21-28(22-24-36)27-17-19-34(20-18-27)40(33-14-5-2-6-15-33)35-16-8-11-31(38)26-35/h1-23,25-26,39H,24H2. The van der Waals surface area contributed by atoms with Crippen molar-refractivity contribution >= 4 is 60.2 Å². The van der Waals surface area contributed by atoms with Crippen molar-refractivity contribution in [1.29, 1.82) is 0 Å². The van der Waals surface area contributed by atoms with Crippen LogP contribution in [0.5, 0.6) is 0 Å². The third-order valence-electron chi connectivity index (χ3n) is 7.21. The number of nitrogens with zero attached hydrogens (tertiary/aromatic N) is 1. The molecule has 0 saturated heterocycles. The molecule has 0 heterocycles. The Kier molecular flexibility index (Phi) is 7.72. The summed E-state index contributed by atoms with van der Waals surface area (Å²) < 4.78 is 2.13. The Balaban J connectivity index is 1.31. The number of para-hydroxylation sites is 2. The summed E-state index contributed by atoms with van der Waals surface area (Å²) >= 11 is 7.31. The van der Waals surface area contributed by atoms with Crippen molar-refractivity contribution in [3.8, 4) is 0 Å². The Bertz CT molecular complexity index is 1660. The van der Waals surface area contributed by atoms with E-state index in [0.29, 0.717) is 0 Å². The fourth-order valence-electron chi connectivity index (χ4n) is 5.22. The zero-order valence-corrected chi connectivity index (χ0v) is 25.0. The zero-order valence-electron chi connectivity index (χ0n) is 21.8. The predicted octanol–water partition coefficient (Wildman–Crippen LogP) is 11.0. The van der Waals surface area contributed by atoms with Crippen molar-refractivity contribution in [3.63, 3.8) is 0 Å². The van der Waals surface area contributed by atoms with Crippen molar-refractivity contribution in [1.82, 2.24) is 0 Å². The molecule has 0 bridgehead atoms. The molecule has 0 radical (unpaired) electrons. The highest BCUT2D eigenvalue weighted by molar-refractivity contribution is 9.10. The molecule has 1 N–H and O–H groups in total. The molecule has 0 fully saturated rings. The van der Waals surface area contributed by atoms with Gasteiger partial charge in [-0.2, -0.15) is 0 Å². The molecule has 1 aliphatic rings. The van der Waals surface area contributed by atoms with Crippen LogP contribution in [0.2, 0.25) is 0 Å². The van der Waals surface area contributed by atoms with Gasteiger partial charge >= 0.3 is 0 Å². The highest BCUT2D eigenvalue weighted by Crippen LogP contribution is 2.40. The van der Waals surface area contributed by atoms with Gasteiger partial charge in [-0.15, -0.1) is 0 Å². The SMILES string of the molecule is Brc1cccc(N(c2ccccc2)c2ccc(C3=CCC(Nc4ccccc4)(c4cccc(Br)c4)C=C3)cc2)c1. The van der Waals surface area contributed by atoms with Crippen molar-refractivity contribution in [2.75, 3.05) is 10.2 Å². The topological polar surface area (TPSA) is 15.3 Å². The normalized spacial score (nSPS) is 16.3. The molecule has 0 spiro atoms. The smallest absolute Gasteiger partial charge is 0.0848 e. The molecule has 4 heteroatoms. The average molecular weight is 648 g/mol. The lowest BCUT2D eigenvalue weighted by Crippen LogP contribution is -2.34. The number of anilines is 4. The quantitative estimate of drug-likeness (QED) is 0.189. The van der Waals surface area contributed by atoms with Gasteiger partial charge in [-0.3, -0.25) is 0 Å². The molecule has 0 amide bonds. The van der Waals surface area contributed by atoms with Crippen molar-refractivity contribution < 1.29 is 0 Å². The van der Waals surface area contributed by atoms with Gasteiger partial charge in [0.05, 0.1) is 5.54 Å². The van der Waals surface area contributed by atoms with E-state index in [-0.39, 0.29) is 5.54 Å². The van der Waals surface area contributed by atoms with E-state index in [9.17, 15) is 0 Å². The fourth-order valence-corrected chi connectivity index (χ4v) is 6.01. The lowest BCUT2D eigenvalue weighted by molar-refractivity contribution is 0.619. The molecule has 196 valence electrons. The van der Waals surface area contributed by atoms with Gasteiger partial charge in [-0.1, -0.05) is 117 Å². The summed E-state index contributed by atoms with van der Waals surface area (Å²) in [4.78, 5) is 2.28. The van der Waals surface area contributed by atoms with Crippen LogP contribution in [0.4, 0.5) is 22.7 Å². The largest absolute Gasteiger partial charge is 0.372 e. The van der Waals surface area contributed by atoms with Crippen molar-refractivity contribution in [2.24, 2.45) is 0 Å². The molecule has 1 unspecified atom stereocenters. The maximum Gasteiger partial charge on any atom is 0.0848 e. The molecule has 5 aromatic rings. The molecule has 5 aromatic carbocycles. The maximum absolute atomic E-state index is 3.81. The lowest BCUT2D eigenvalue weighted by Gasteiger charge is -2.35. The van der Waals surface area contributed by atoms with E-state index < -0.39 is 0 Å². The predicted molar refractivity (Wildman–Crippen MR) is 176 cm³/mol. The molecule has 2 nitrogen and oxygen atoms in total. The molecule has 1 aliphatic carbocycles. The van der Waals surface area contributed by atoms with Gasteiger partial charge in [-0.05, 0) is 89.9 Å². The van der Waals surface area contributed by atoms with Crippen LogP contribution in [-0.2, 0) is 5.54 Å². The van der Waals surface area contributed by atoms with Gasteiger partial charge < -0.3 is 10.2 Å². The number of rotatable bonds is 7. The first-order chi connectivity index (χ1) is 19.6. The third kappa shape index (κ3) is 5.70. The van der Waals surface area contributed by atoms with Crippen LogP contribution in [0.3, 0.4) is 0 Å².